The number of pyridine rings is 4. The smallest absolute Gasteiger partial charge is 0.200 e. The molecule has 0 spiro atoms. The number of aromatic nitrogens is 4. The molecular formula is C108H150N4Si4+4. The van der Waals surface area contributed by atoms with Gasteiger partial charge in [0.1, 0.15) is 29.6 Å². The van der Waals surface area contributed by atoms with Crippen molar-refractivity contribution in [3.63, 3.8) is 0 Å². The summed E-state index contributed by atoms with van der Waals surface area (Å²) in [6, 6.07) is 59.3. The summed E-state index contributed by atoms with van der Waals surface area (Å²) in [6.45, 7) is 70.0. The van der Waals surface area contributed by atoms with E-state index in [1.54, 1.807) is 5.56 Å². The van der Waals surface area contributed by atoms with Crippen LogP contribution in [0.4, 0.5) is 0 Å². The van der Waals surface area contributed by atoms with Crippen LogP contribution in [-0.2, 0) is 44.4 Å². The molecule has 2 saturated carbocycles. The van der Waals surface area contributed by atoms with Crippen molar-refractivity contribution in [3.8, 4) is 45.0 Å². The van der Waals surface area contributed by atoms with E-state index in [1.165, 1.54) is 227 Å². The lowest BCUT2D eigenvalue weighted by Crippen LogP contribution is -2.38. The Labute approximate surface area is 710 Å². The van der Waals surface area contributed by atoms with Gasteiger partial charge in [-0.05, 0) is 227 Å². The van der Waals surface area contributed by atoms with Gasteiger partial charge in [0, 0.05) is 50.6 Å². The average Bonchev–Trinajstić information content (AvgIpc) is 1.31. The second-order valence-electron chi connectivity index (χ2n) is 42.4. The summed E-state index contributed by atoms with van der Waals surface area (Å²) < 4.78 is 17.9. The molecule has 2 aliphatic carbocycles. The van der Waals surface area contributed by atoms with Gasteiger partial charge in [-0.1, -0.05) is 274 Å². The Morgan fingerprint density at radius 2 is 0.638 bits per heavy atom. The van der Waals surface area contributed by atoms with E-state index in [9.17, 15) is 0 Å². The zero-order valence-electron chi connectivity index (χ0n) is 79.0. The molecule has 116 heavy (non-hydrogen) atoms. The fraction of sp³-hybridized carbons (Fsp3) is 0.444. The van der Waals surface area contributed by atoms with Gasteiger partial charge in [0.05, 0.1) is 70.5 Å². The number of rotatable bonds is 10. The van der Waals surface area contributed by atoms with Gasteiger partial charge in [0.25, 0.3) is 0 Å². The normalized spacial score (nSPS) is 14.2. The van der Waals surface area contributed by atoms with Crippen LogP contribution in [0, 0.1) is 62.3 Å². The standard InChI is InChI=1S/C28H40NSi.C27H36NSi.C26H34NSi.C26H36NSi.CH4/c1-19-24(17-21(27(2,3)4)18-25(19)28(5,6)7)26-23-13-12-22(30(9,10)11)16-20(23)14-15-29(26)8;1-18-14-22(21-10-8-9-11-21)17-26(20(18)3)27-25-13-12-24(29(5,6)7)16-23(25)15-19(2)28(27)4;1-18-11-12-21(20-9-7-8-10-20)17-25(18)26-24-14-13-23(28(4,5)6)16-22(24)15-19(2)27(26)3;1-17-13-21(26(4,5)6)16-24(19(17)3)25-23-12-11-22(28(8,9)10)15-20(23)14-18(2)27(25)7;/h12-18H,1-11H3;12-17,21H,8-11H2,1-7H3;11-17,20H,7-10H2,1-6H3;11-16H,1-10H3;1H4/q4*+1;/i15D;;;;. The van der Waals surface area contributed by atoms with Crippen LogP contribution in [0.2, 0.25) is 78.6 Å². The second-order valence-corrected chi connectivity index (χ2v) is 62.7. The fourth-order valence-corrected chi connectivity index (χ4v) is 22.6. The molecule has 614 valence electrons. The Kier molecular flexibility index (Phi) is 26.2. The van der Waals surface area contributed by atoms with Gasteiger partial charge in [-0.15, -0.1) is 0 Å². The molecule has 0 saturated heterocycles. The molecule has 0 bridgehead atoms. The Hall–Kier alpha value is -7.73. The third kappa shape index (κ3) is 19.4. The number of aryl methyl sites for hydroxylation is 6. The largest absolute Gasteiger partial charge is 0.220 e. The van der Waals surface area contributed by atoms with Crippen LogP contribution in [-0.4, -0.2) is 32.3 Å². The van der Waals surface area contributed by atoms with E-state index >= 15 is 0 Å². The molecule has 2 fully saturated rings. The van der Waals surface area contributed by atoms with Crippen molar-refractivity contribution >= 4 is 96.1 Å². The monoisotopic (exact) mass is 1620 g/mol. The molecule has 0 amide bonds. The molecule has 2 aliphatic rings. The van der Waals surface area contributed by atoms with E-state index in [2.05, 4.69) is 388 Å². The Morgan fingerprint density at radius 3 is 1.02 bits per heavy atom. The molecule has 12 aromatic rings. The maximum Gasteiger partial charge on any atom is 0.220 e. The number of hydrogen-bond donors (Lipinski definition) is 0. The van der Waals surface area contributed by atoms with E-state index in [1.807, 2.05) is 13.1 Å². The molecule has 8 aromatic carbocycles. The summed E-state index contributed by atoms with van der Waals surface area (Å²) >= 11 is 0. The molecule has 0 unspecified atom stereocenters. The van der Waals surface area contributed by atoms with Gasteiger partial charge in [-0.3, -0.25) is 0 Å². The van der Waals surface area contributed by atoms with Gasteiger partial charge in [-0.25, -0.2) is 4.57 Å². The minimum Gasteiger partial charge on any atom is -0.200 e. The van der Waals surface area contributed by atoms with E-state index in [-0.39, 0.29) is 23.7 Å². The summed E-state index contributed by atoms with van der Waals surface area (Å²) in [4.78, 5) is 0. The molecule has 0 aliphatic heterocycles. The summed E-state index contributed by atoms with van der Waals surface area (Å²) in [7, 11) is 3.27. The minimum absolute atomic E-state index is 0. The lowest BCUT2D eigenvalue weighted by atomic mass is 9.76. The predicted octanol–water partition coefficient (Wildman–Crippen LogP) is 26.1. The highest BCUT2D eigenvalue weighted by molar-refractivity contribution is 6.90. The maximum absolute atomic E-state index is 8.72. The molecule has 0 N–H and O–H groups in total. The van der Waals surface area contributed by atoms with Crippen LogP contribution in [0.5, 0.6) is 0 Å². The zero-order valence-corrected chi connectivity index (χ0v) is 82.0. The van der Waals surface area contributed by atoms with Crippen molar-refractivity contribution in [2.75, 3.05) is 0 Å². The summed E-state index contributed by atoms with van der Waals surface area (Å²) in [5.41, 5.74) is 30.4. The molecule has 0 atom stereocenters. The molecule has 14 rings (SSSR count). The quantitative estimate of drug-likeness (QED) is 0.0958. The van der Waals surface area contributed by atoms with Crippen LogP contribution in [0.15, 0.2) is 158 Å². The Bertz CT molecular complexity index is 5760. The highest BCUT2D eigenvalue weighted by atomic mass is 28.3. The van der Waals surface area contributed by atoms with Crippen molar-refractivity contribution in [2.45, 2.75) is 290 Å². The first-order chi connectivity index (χ1) is 53.7. The average molecular weight is 1620 g/mol. The van der Waals surface area contributed by atoms with E-state index < -0.39 is 32.3 Å². The first kappa shape index (κ1) is 89.1. The summed E-state index contributed by atoms with van der Waals surface area (Å²) in [5, 5.41) is 16.7. The second kappa shape index (κ2) is 34.2. The topological polar surface area (TPSA) is 15.5 Å². The van der Waals surface area contributed by atoms with Crippen LogP contribution in [0.25, 0.3) is 88.1 Å². The summed E-state index contributed by atoms with van der Waals surface area (Å²) in [5.74, 6) is 1.49. The van der Waals surface area contributed by atoms with E-state index in [0.717, 1.165) is 17.5 Å². The molecule has 8 heteroatoms. The van der Waals surface area contributed by atoms with Crippen molar-refractivity contribution in [3.05, 3.63) is 236 Å². The van der Waals surface area contributed by atoms with Crippen LogP contribution in [0.1, 0.15) is 213 Å². The van der Waals surface area contributed by atoms with Crippen molar-refractivity contribution in [1.29, 1.82) is 0 Å². The molecule has 0 radical (unpaired) electrons. The Morgan fingerprint density at radius 1 is 0.310 bits per heavy atom. The SMILES string of the molecule is C.Cc1cc(C(C)(C)C)cc(-c2c3ccc([Si](C)(C)C)cc3cc(C)[n+]2C)c1C.Cc1cc(C2CCCC2)cc(-c2c3ccc([Si](C)(C)C)cc3cc(C)[n+]2C)c1C.Cc1ccc(C2CCCC2)cc1-c1c2ccc([Si](C)(C)C)cc2cc(C)[n+]1C.[2H]c1cc2cc([Si](C)(C)C)ccc2c(-c2cc(C(C)(C)C)cc(C(C)(C)C)c2C)[n+]1C. The van der Waals surface area contributed by atoms with E-state index in [4.69, 9.17) is 1.37 Å². The first-order valence-corrected chi connectivity index (χ1v) is 57.5. The van der Waals surface area contributed by atoms with Crippen LogP contribution < -0.4 is 39.0 Å². The lowest BCUT2D eigenvalue weighted by molar-refractivity contribution is -0.665. The van der Waals surface area contributed by atoms with Crippen LogP contribution >= 0.6 is 0 Å². The highest BCUT2D eigenvalue weighted by Gasteiger charge is 2.33. The predicted molar refractivity (Wildman–Crippen MR) is 522 cm³/mol. The maximum atomic E-state index is 8.72. The third-order valence-corrected chi connectivity index (χ3v) is 34.5. The number of hydrogen-bond acceptors (Lipinski definition) is 0. The van der Waals surface area contributed by atoms with Gasteiger partial charge in [-0.2, -0.15) is 13.7 Å². The van der Waals surface area contributed by atoms with Gasteiger partial charge in [0.15, 0.2) is 23.3 Å². The fourth-order valence-electron chi connectivity index (χ4n) is 18.0. The molecule has 4 nitrogen and oxygen atoms in total. The van der Waals surface area contributed by atoms with Crippen molar-refractivity contribution < 1.29 is 19.6 Å². The summed E-state index contributed by atoms with van der Waals surface area (Å²) in [6.07, 6.45) is 11.5. The minimum atomic E-state index is -1.42. The van der Waals surface area contributed by atoms with Gasteiger partial charge < -0.3 is 0 Å². The first-order valence-electron chi connectivity index (χ1n) is 44.0. The number of fused-ring (bicyclic) bond motifs is 4. The van der Waals surface area contributed by atoms with Crippen LogP contribution in [0.3, 0.4) is 0 Å². The zero-order chi connectivity index (χ0) is 85.5. The lowest BCUT2D eigenvalue weighted by Gasteiger charge is -2.28. The molecule has 4 aromatic heterocycles. The number of benzene rings is 8. The highest BCUT2D eigenvalue weighted by Crippen LogP contribution is 2.43. The van der Waals surface area contributed by atoms with E-state index in [0.29, 0.717) is 6.17 Å². The molecular weight excluding hydrogens is 1470 g/mol. The third-order valence-electron chi connectivity index (χ3n) is 26.4. The molecule has 4 heterocycles. The number of nitrogens with zero attached hydrogens (tertiary/aromatic N) is 4. The van der Waals surface area contributed by atoms with Crippen molar-refractivity contribution in [2.24, 2.45) is 28.2 Å². The van der Waals surface area contributed by atoms with Gasteiger partial charge >= 0.3 is 0 Å². The van der Waals surface area contributed by atoms with Crippen molar-refractivity contribution in [1.82, 2.24) is 0 Å². The van der Waals surface area contributed by atoms with Gasteiger partial charge in [0.2, 0.25) is 22.8 Å². The Balaban J connectivity index is 0.000000164.